The van der Waals surface area contributed by atoms with Crippen molar-refractivity contribution < 1.29 is 13.2 Å². The molecule has 94 valence electrons. The molecular formula is C11H12BrClO3S. The smallest absolute Gasteiger partial charge is 0.265 e. The number of rotatable bonds is 5. The van der Waals surface area contributed by atoms with Crippen LogP contribution in [0.3, 0.4) is 0 Å². The average molecular weight is 340 g/mol. The van der Waals surface area contributed by atoms with Gasteiger partial charge in [0.05, 0.1) is 0 Å². The maximum absolute atomic E-state index is 11.4. The Morgan fingerprint density at radius 2 is 2.18 bits per heavy atom. The van der Waals surface area contributed by atoms with E-state index in [1.165, 1.54) is 6.07 Å². The van der Waals surface area contributed by atoms with Gasteiger partial charge in [0.25, 0.3) is 9.05 Å². The third kappa shape index (κ3) is 4.33. The van der Waals surface area contributed by atoms with Crippen molar-refractivity contribution in [2.24, 2.45) is 0 Å². The predicted octanol–water partition coefficient (Wildman–Crippen LogP) is 3.72. The Morgan fingerprint density at radius 3 is 2.71 bits per heavy atom. The third-order valence-corrected chi connectivity index (χ3v) is 3.94. The van der Waals surface area contributed by atoms with Crippen molar-refractivity contribution in [2.75, 3.05) is 6.61 Å². The Bertz CT molecular complexity index is 526. The van der Waals surface area contributed by atoms with Gasteiger partial charge < -0.3 is 4.74 Å². The fraction of sp³-hybridized carbons (Fsp3) is 0.273. The maximum Gasteiger partial charge on any atom is 0.265 e. The van der Waals surface area contributed by atoms with Crippen molar-refractivity contribution in [1.29, 1.82) is 0 Å². The van der Waals surface area contributed by atoms with Gasteiger partial charge in [0.15, 0.2) is 0 Å². The molecule has 6 heteroatoms. The maximum atomic E-state index is 11.4. The molecule has 0 aliphatic heterocycles. The zero-order chi connectivity index (χ0) is 13.1. The summed E-state index contributed by atoms with van der Waals surface area (Å²) in [5, 5.41) is 0. The van der Waals surface area contributed by atoms with E-state index in [-0.39, 0.29) is 17.3 Å². The molecule has 0 aliphatic rings. The predicted molar refractivity (Wildman–Crippen MR) is 72.1 cm³/mol. The van der Waals surface area contributed by atoms with Crippen molar-refractivity contribution in [1.82, 2.24) is 0 Å². The van der Waals surface area contributed by atoms with Crippen molar-refractivity contribution in [3.05, 3.63) is 34.8 Å². The molecule has 1 aromatic rings. The Hall–Kier alpha value is -0.520. The first-order valence-electron chi connectivity index (χ1n) is 4.88. The van der Waals surface area contributed by atoms with Crippen molar-refractivity contribution in [2.45, 2.75) is 18.2 Å². The molecule has 0 N–H and O–H groups in total. The quantitative estimate of drug-likeness (QED) is 0.606. The number of hydrogen-bond acceptors (Lipinski definition) is 3. The van der Waals surface area contributed by atoms with Gasteiger partial charge in [-0.15, -0.1) is 0 Å². The summed E-state index contributed by atoms with van der Waals surface area (Å²) in [6.07, 6.45) is 0.777. The zero-order valence-electron chi connectivity index (χ0n) is 9.24. The van der Waals surface area contributed by atoms with E-state index in [4.69, 9.17) is 15.4 Å². The van der Waals surface area contributed by atoms with Gasteiger partial charge in [-0.2, -0.15) is 0 Å². The van der Waals surface area contributed by atoms with E-state index in [9.17, 15) is 8.42 Å². The second kappa shape index (κ2) is 5.89. The highest BCUT2D eigenvalue weighted by Gasteiger charge is 2.17. The highest BCUT2D eigenvalue weighted by molar-refractivity contribution is 9.10. The number of hydrogen-bond donors (Lipinski definition) is 0. The molecule has 0 bridgehead atoms. The number of ether oxygens (including phenoxy) is 1. The lowest BCUT2D eigenvalue weighted by molar-refractivity contribution is 0.340. The number of halogens is 2. The van der Waals surface area contributed by atoms with E-state index in [0.29, 0.717) is 4.47 Å². The Labute approximate surface area is 114 Å². The topological polar surface area (TPSA) is 43.4 Å². The van der Waals surface area contributed by atoms with E-state index in [2.05, 4.69) is 22.5 Å². The van der Waals surface area contributed by atoms with Gasteiger partial charge >= 0.3 is 0 Å². The molecule has 0 radical (unpaired) electrons. The Morgan fingerprint density at radius 1 is 1.53 bits per heavy atom. The van der Waals surface area contributed by atoms with Crippen LogP contribution in [-0.4, -0.2) is 15.0 Å². The molecule has 0 atom stereocenters. The molecule has 0 spiro atoms. The van der Waals surface area contributed by atoms with Gasteiger partial charge in [-0.3, -0.25) is 0 Å². The molecule has 0 amide bonds. The average Bonchev–Trinajstić information content (AvgIpc) is 2.25. The molecule has 1 rings (SSSR count). The molecule has 1 aromatic carbocycles. The minimum Gasteiger partial charge on any atom is -0.488 e. The lowest BCUT2D eigenvalue weighted by Gasteiger charge is -2.10. The van der Waals surface area contributed by atoms with Crippen LogP contribution < -0.4 is 4.74 Å². The monoisotopic (exact) mass is 338 g/mol. The van der Waals surface area contributed by atoms with Crippen LogP contribution in [0.5, 0.6) is 5.75 Å². The fourth-order valence-corrected chi connectivity index (χ4v) is 2.58. The van der Waals surface area contributed by atoms with Crippen LogP contribution in [0, 0.1) is 0 Å². The van der Waals surface area contributed by atoms with E-state index >= 15 is 0 Å². The molecule has 3 nitrogen and oxygen atoms in total. The number of benzene rings is 1. The van der Waals surface area contributed by atoms with E-state index in [1.807, 2.05) is 6.92 Å². The highest BCUT2D eigenvalue weighted by atomic mass is 79.9. The lowest BCUT2D eigenvalue weighted by atomic mass is 10.2. The van der Waals surface area contributed by atoms with Crippen molar-refractivity contribution in [3.63, 3.8) is 0 Å². The normalized spacial score (nSPS) is 11.2. The molecule has 0 saturated heterocycles. The summed E-state index contributed by atoms with van der Waals surface area (Å²) in [5.74, 6) is 0.234. The molecule has 0 saturated carbocycles. The van der Waals surface area contributed by atoms with Crippen molar-refractivity contribution >= 4 is 35.7 Å². The standard InChI is InChI=1S/C11H12BrClO3S/c1-3-8(2)7-16-10-5-4-9(12)6-11(10)17(13,14)15/h4-6H,2-3,7H2,1H3. The first-order chi connectivity index (χ1) is 7.84. The zero-order valence-corrected chi connectivity index (χ0v) is 12.4. The Kier molecular flexibility index (Phi) is 5.04. The largest absolute Gasteiger partial charge is 0.488 e. The summed E-state index contributed by atoms with van der Waals surface area (Å²) in [7, 11) is 1.51. The van der Waals surface area contributed by atoms with Gasteiger partial charge in [0.1, 0.15) is 17.3 Å². The van der Waals surface area contributed by atoms with Gasteiger partial charge in [0.2, 0.25) is 0 Å². The van der Waals surface area contributed by atoms with Crippen LogP contribution in [0.4, 0.5) is 0 Å². The molecule has 17 heavy (non-hydrogen) atoms. The fourth-order valence-electron chi connectivity index (χ4n) is 1.07. The van der Waals surface area contributed by atoms with E-state index < -0.39 is 9.05 Å². The summed E-state index contributed by atoms with van der Waals surface area (Å²) >= 11 is 3.19. The molecule has 0 aliphatic carbocycles. The molecule has 0 fully saturated rings. The summed E-state index contributed by atoms with van der Waals surface area (Å²) in [5.41, 5.74) is 0.880. The van der Waals surface area contributed by atoms with Crippen LogP contribution in [0.1, 0.15) is 13.3 Å². The van der Waals surface area contributed by atoms with E-state index in [1.54, 1.807) is 12.1 Å². The second-order valence-electron chi connectivity index (χ2n) is 3.42. The van der Waals surface area contributed by atoms with Gasteiger partial charge in [0, 0.05) is 15.2 Å². The first kappa shape index (κ1) is 14.5. The van der Waals surface area contributed by atoms with Crippen LogP contribution in [0.15, 0.2) is 39.7 Å². The summed E-state index contributed by atoms with van der Waals surface area (Å²) < 4.78 is 28.7. The van der Waals surface area contributed by atoms with Crippen LogP contribution in [-0.2, 0) is 9.05 Å². The van der Waals surface area contributed by atoms with Crippen LogP contribution >= 0.6 is 26.6 Å². The summed E-state index contributed by atoms with van der Waals surface area (Å²) in [6.45, 7) is 6.01. The highest BCUT2D eigenvalue weighted by Crippen LogP contribution is 2.30. The SMILES string of the molecule is C=C(CC)COc1ccc(Br)cc1S(=O)(=O)Cl. The second-order valence-corrected chi connectivity index (χ2v) is 6.87. The lowest BCUT2D eigenvalue weighted by Crippen LogP contribution is -2.03. The van der Waals surface area contributed by atoms with Gasteiger partial charge in [-0.25, -0.2) is 8.42 Å². The van der Waals surface area contributed by atoms with E-state index in [0.717, 1.165) is 12.0 Å². The van der Waals surface area contributed by atoms with Gasteiger partial charge in [-0.1, -0.05) is 29.4 Å². The minimum absolute atomic E-state index is 0.0440. The molecule has 0 heterocycles. The Balaban J connectivity index is 3.04. The summed E-state index contributed by atoms with van der Waals surface area (Å²) in [4.78, 5) is -0.0440. The van der Waals surface area contributed by atoms with Crippen LogP contribution in [0.25, 0.3) is 0 Å². The molecular weight excluding hydrogens is 328 g/mol. The molecule has 0 aromatic heterocycles. The molecule has 0 unspecified atom stereocenters. The minimum atomic E-state index is -3.82. The van der Waals surface area contributed by atoms with Gasteiger partial charge in [-0.05, 0) is 30.2 Å². The third-order valence-electron chi connectivity index (χ3n) is 2.10. The first-order valence-corrected chi connectivity index (χ1v) is 7.98. The van der Waals surface area contributed by atoms with Crippen LogP contribution in [0.2, 0.25) is 0 Å². The summed E-state index contributed by atoms with van der Waals surface area (Å²) in [6, 6.07) is 4.66. The van der Waals surface area contributed by atoms with Crippen molar-refractivity contribution in [3.8, 4) is 5.75 Å².